The monoisotopic (exact) mass is 245 g/mol. The van der Waals surface area contributed by atoms with Gasteiger partial charge >= 0.3 is 0 Å². The van der Waals surface area contributed by atoms with Crippen molar-refractivity contribution in [1.82, 2.24) is 0 Å². The summed E-state index contributed by atoms with van der Waals surface area (Å²) in [5.41, 5.74) is 2.11. The summed E-state index contributed by atoms with van der Waals surface area (Å²) in [5.74, 6) is 5.60. The predicted octanol–water partition coefficient (Wildman–Crippen LogP) is 3.18. The van der Waals surface area contributed by atoms with Gasteiger partial charge in [0.2, 0.25) is 0 Å². The number of carbonyl (C=O) groups excluding carboxylic acids is 1. The van der Waals surface area contributed by atoms with Crippen molar-refractivity contribution in [2.24, 2.45) is 0 Å². The molecule has 0 aliphatic carbocycles. The molecule has 2 aromatic rings. The first kappa shape index (κ1) is 12.6. The van der Waals surface area contributed by atoms with Gasteiger partial charge < -0.3 is 0 Å². The fourth-order valence-electron chi connectivity index (χ4n) is 1.65. The van der Waals surface area contributed by atoms with Crippen LogP contribution in [0, 0.1) is 23.2 Å². The zero-order valence-electron chi connectivity index (χ0n) is 10.3. The van der Waals surface area contributed by atoms with Crippen LogP contribution in [-0.4, -0.2) is 5.78 Å². The molecule has 0 amide bonds. The van der Waals surface area contributed by atoms with Crippen LogP contribution in [0.3, 0.4) is 0 Å². The fraction of sp³-hybridized carbons (Fsp3) is 0.0588. The highest BCUT2D eigenvalue weighted by atomic mass is 16.1. The lowest BCUT2D eigenvalue weighted by Crippen LogP contribution is -2.00. The van der Waals surface area contributed by atoms with E-state index in [1.54, 1.807) is 36.4 Å². The van der Waals surface area contributed by atoms with Gasteiger partial charge in [-0.3, -0.25) is 4.79 Å². The Morgan fingerprint density at radius 2 is 1.58 bits per heavy atom. The third-order valence-electron chi connectivity index (χ3n) is 2.58. The van der Waals surface area contributed by atoms with Crippen LogP contribution < -0.4 is 0 Å². The largest absolute Gasteiger partial charge is 0.289 e. The average Bonchev–Trinajstić information content (AvgIpc) is 2.48. The first-order chi connectivity index (χ1) is 9.31. The zero-order chi connectivity index (χ0) is 13.5. The quantitative estimate of drug-likeness (QED) is 0.602. The lowest BCUT2D eigenvalue weighted by Gasteiger charge is -2.00. The van der Waals surface area contributed by atoms with E-state index < -0.39 is 0 Å². The van der Waals surface area contributed by atoms with Crippen molar-refractivity contribution in [3.63, 3.8) is 0 Å². The van der Waals surface area contributed by atoms with Crippen LogP contribution in [0.4, 0.5) is 0 Å². The summed E-state index contributed by atoms with van der Waals surface area (Å²) < 4.78 is 0. The number of hydrogen-bond acceptors (Lipinski definition) is 2. The van der Waals surface area contributed by atoms with Gasteiger partial charge in [0.15, 0.2) is 5.78 Å². The minimum atomic E-state index is -0.00265. The van der Waals surface area contributed by atoms with Gasteiger partial charge in [-0.05, 0) is 24.3 Å². The molecule has 0 N–H and O–H groups in total. The first-order valence-electron chi connectivity index (χ1n) is 5.87. The molecule has 0 fully saturated rings. The second kappa shape index (κ2) is 6.19. The first-order valence-corrected chi connectivity index (χ1v) is 5.87. The second-order valence-corrected chi connectivity index (χ2v) is 3.91. The summed E-state index contributed by atoms with van der Waals surface area (Å²) in [6.45, 7) is 0. The van der Waals surface area contributed by atoms with Crippen molar-refractivity contribution < 1.29 is 4.79 Å². The Morgan fingerprint density at radius 1 is 0.947 bits per heavy atom. The van der Waals surface area contributed by atoms with Gasteiger partial charge in [0, 0.05) is 16.7 Å². The lowest BCUT2D eigenvalue weighted by atomic mass is 10.0. The Hall–Kier alpha value is -2.84. The highest BCUT2D eigenvalue weighted by molar-refractivity contribution is 6.08. The highest BCUT2D eigenvalue weighted by Gasteiger charge is 2.07. The molecule has 2 nitrogen and oxygen atoms in total. The summed E-state index contributed by atoms with van der Waals surface area (Å²) in [7, 11) is 0. The van der Waals surface area contributed by atoms with E-state index in [4.69, 9.17) is 5.26 Å². The maximum absolute atomic E-state index is 12.1. The summed E-state index contributed by atoms with van der Waals surface area (Å²) in [4.78, 5) is 12.1. The third-order valence-corrected chi connectivity index (χ3v) is 2.58. The van der Waals surface area contributed by atoms with E-state index in [0.29, 0.717) is 11.1 Å². The molecule has 19 heavy (non-hydrogen) atoms. The Morgan fingerprint density at radius 3 is 2.21 bits per heavy atom. The topological polar surface area (TPSA) is 40.9 Å². The maximum atomic E-state index is 12.1. The van der Waals surface area contributed by atoms with Crippen LogP contribution >= 0.6 is 0 Å². The number of nitriles is 1. The maximum Gasteiger partial charge on any atom is 0.193 e. The Bertz CT molecular complexity index is 667. The number of benzene rings is 2. The van der Waals surface area contributed by atoms with Gasteiger partial charge in [-0.2, -0.15) is 5.26 Å². The molecule has 0 aliphatic heterocycles. The van der Waals surface area contributed by atoms with Crippen LogP contribution in [0.25, 0.3) is 0 Å². The minimum absolute atomic E-state index is 0.00265. The Kier molecular flexibility index (Phi) is 4.11. The molecule has 0 atom stereocenters. The normalized spacial score (nSPS) is 9.00. The molecule has 0 radical (unpaired) electrons. The van der Waals surface area contributed by atoms with E-state index in [0.717, 1.165) is 5.56 Å². The van der Waals surface area contributed by atoms with Crippen molar-refractivity contribution >= 4 is 5.78 Å². The van der Waals surface area contributed by atoms with Gasteiger partial charge in [-0.1, -0.05) is 42.2 Å². The van der Waals surface area contributed by atoms with Gasteiger partial charge in [0.05, 0.1) is 12.5 Å². The molecule has 0 heterocycles. The molecule has 0 saturated heterocycles. The second-order valence-electron chi connectivity index (χ2n) is 3.91. The molecule has 0 bridgehead atoms. The van der Waals surface area contributed by atoms with Crippen molar-refractivity contribution in [3.05, 3.63) is 71.3 Å². The zero-order valence-corrected chi connectivity index (χ0v) is 10.3. The lowest BCUT2D eigenvalue weighted by molar-refractivity contribution is 0.103. The fourth-order valence-corrected chi connectivity index (χ4v) is 1.65. The number of nitrogens with zero attached hydrogens (tertiary/aromatic N) is 1. The average molecular weight is 245 g/mol. The highest BCUT2D eigenvalue weighted by Crippen LogP contribution is 2.10. The van der Waals surface area contributed by atoms with Crippen LogP contribution in [0.5, 0.6) is 0 Å². The summed E-state index contributed by atoms with van der Waals surface area (Å²) >= 11 is 0. The molecule has 90 valence electrons. The van der Waals surface area contributed by atoms with E-state index in [1.165, 1.54) is 0 Å². The van der Waals surface area contributed by atoms with Crippen LogP contribution in [0.2, 0.25) is 0 Å². The number of hydrogen-bond donors (Lipinski definition) is 0. The molecular formula is C17H11NO. The van der Waals surface area contributed by atoms with Crippen LogP contribution in [0.15, 0.2) is 54.6 Å². The summed E-state index contributed by atoms with van der Waals surface area (Å²) in [5, 5.41) is 8.39. The van der Waals surface area contributed by atoms with E-state index >= 15 is 0 Å². The molecule has 0 aliphatic rings. The molecule has 0 unspecified atom stereocenters. The molecule has 2 rings (SSSR count). The number of rotatable bonds is 2. The van der Waals surface area contributed by atoms with Crippen molar-refractivity contribution in [3.8, 4) is 17.9 Å². The predicted molar refractivity (Wildman–Crippen MR) is 73.4 cm³/mol. The molecule has 2 aromatic carbocycles. The van der Waals surface area contributed by atoms with E-state index in [9.17, 15) is 4.79 Å². The number of carbonyl (C=O) groups is 1. The van der Waals surface area contributed by atoms with E-state index in [-0.39, 0.29) is 12.2 Å². The van der Waals surface area contributed by atoms with Crippen molar-refractivity contribution in [2.45, 2.75) is 6.42 Å². The minimum Gasteiger partial charge on any atom is -0.289 e. The summed E-state index contributed by atoms with van der Waals surface area (Å²) in [6, 6.07) is 18.2. The van der Waals surface area contributed by atoms with Gasteiger partial charge in [-0.25, -0.2) is 0 Å². The van der Waals surface area contributed by atoms with Crippen LogP contribution in [-0.2, 0) is 0 Å². The SMILES string of the molecule is N#CCC#Cc1ccc(C(=O)c2ccccc2)cc1. The molecular weight excluding hydrogens is 234 g/mol. The molecule has 0 saturated carbocycles. The third kappa shape index (κ3) is 3.31. The smallest absolute Gasteiger partial charge is 0.193 e. The molecule has 2 heteroatoms. The summed E-state index contributed by atoms with van der Waals surface area (Å²) in [6.07, 6.45) is 0.213. The molecule has 0 spiro atoms. The van der Waals surface area contributed by atoms with Crippen molar-refractivity contribution in [1.29, 1.82) is 5.26 Å². The Labute approximate surface area is 112 Å². The van der Waals surface area contributed by atoms with Crippen molar-refractivity contribution in [2.75, 3.05) is 0 Å². The standard InChI is InChI=1S/C17H11NO/c18-13-5-4-6-14-9-11-16(12-10-14)17(19)15-7-2-1-3-8-15/h1-3,7-12H,5H2. The Balaban J connectivity index is 2.18. The molecule has 0 aromatic heterocycles. The van der Waals surface area contributed by atoms with Gasteiger partial charge in [0.25, 0.3) is 0 Å². The number of ketones is 1. The van der Waals surface area contributed by atoms with Crippen LogP contribution in [0.1, 0.15) is 27.9 Å². The van der Waals surface area contributed by atoms with E-state index in [2.05, 4.69) is 11.8 Å². The van der Waals surface area contributed by atoms with Gasteiger partial charge in [0.1, 0.15) is 0 Å². The van der Waals surface area contributed by atoms with Gasteiger partial charge in [-0.15, -0.1) is 0 Å². The van der Waals surface area contributed by atoms with E-state index in [1.807, 2.05) is 24.3 Å².